The normalized spacial score (nSPS) is 15.8. The van der Waals surface area contributed by atoms with Gasteiger partial charge in [0.25, 0.3) is 0 Å². The maximum absolute atomic E-state index is 12.1. The van der Waals surface area contributed by atoms with Gasteiger partial charge in [0.2, 0.25) is 5.91 Å². The molecule has 24 heavy (non-hydrogen) atoms. The summed E-state index contributed by atoms with van der Waals surface area (Å²) in [7, 11) is 0. The highest BCUT2D eigenvalue weighted by atomic mass is 127. The summed E-state index contributed by atoms with van der Waals surface area (Å²) in [5.74, 6) is 2.05. The van der Waals surface area contributed by atoms with Crippen LogP contribution in [0.4, 0.5) is 0 Å². The number of nitrogens with one attached hydrogen (secondary N) is 3. The smallest absolute Gasteiger partial charge is 0.223 e. The van der Waals surface area contributed by atoms with E-state index in [1.54, 1.807) is 0 Å². The third-order valence-electron chi connectivity index (χ3n) is 4.25. The molecule has 1 amide bonds. The second-order valence-corrected chi connectivity index (χ2v) is 6.85. The van der Waals surface area contributed by atoms with E-state index in [4.69, 9.17) is 0 Å². The van der Waals surface area contributed by atoms with Gasteiger partial charge >= 0.3 is 0 Å². The van der Waals surface area contributed by atoms with Gasteiger partial charge in [0.1, 0.15) is 0 Å². The lowest BCUT2D eigenvalue weighted by Gasteiger charge is -2.21. The Kier molecular flexibility index (Phi) is 14.5. The molecule has 0 aromatic heterocycles. The van der Waals surface area contributed by atoms with Crippen LogP contribution < -0.4 is 16.0 Å². The number of amides is 1. The van der Waals surface area contributed by atoms with Gasteiger partial charge in [-0.3, -0.25) is 9.79 Å². The number of hydrogen-bond donors (Lipinski definition) is 3. The van der Waals surface area contributed by atoms with Crippen molar-refractivity contribution in [1.29, 1.82) is 0 Å². The predicted octanol–water partition coefficient (Wildman–Crippen LogP) is 3.29. The van der Waals surface area contributed by atoms with Crippen LogP contribution in [0.3, 0.4) is 0 Å². The van der Waals surface area contributed by atoms with E-state index in [9.17, 15) is 4.79 Å². The van der Waals surface area contributed by atoms with Gasteiger partial charge in [-0.1, -0.05) is 33.1 Å². The summed E-state index contributed by atoms with van der Waals surface area (Å²) in [4.78, 5) is 16.6. The van der Waals surface area contributed by atoms with Crippen molar-refractivity contribution in [2.75, 3.05) is 26.2 Å². The number of carbonyl (C=O) groups is 1. The van der Waals surface area contributed by atoms with E-state index in [2.05, 4.69) is 41.7 Å². The molecule has 0 spiro atoms. The van der Waals surface area contributed by atoms with Crippen molar-refractivity contribution >= 4 is 35.8 Å². The standard InChI is InChI=1S/C18H36N4O.HI/c1-4-19-18(21-12-8-9-15(2)3)22-14-13-20-17(23)16-10-6-5-7-11-16;/h15-16H,4-14H2,1-3H3,(H,20,23)(H2,19,21,22);1H. The maximum Gasteiger partial charge on any atom is 0.223 e. The lowest BCUT2D eigenvalue weighted by molar-refractivity contribution is -0.125. The van der Waals surface area contributed by atoms with E-state index in [-0.39, 0.29) is 35.8 Å². The molecule has 1 aliphatic carbocycles. The minimum absolute atomic E-state index is 0. The van der Waals surface area contributed by atoms with E-state index in [0.29, 0.717) is 13.1 Å². The highest BCUT2D eigenvalue weighted by molar-refractivity contribution is 14.0. The SMILES string of the molecule is CCNC(=NCCCC(C)C)NCCNC(=O)C1CCCCC1.I. The zero-order valence-corrected chi connectivity index (χ0v) is 18.0. The van der Waals surface area contributed by atoms with Crippen LogP contribution in [0.15, 0.2) is 4.99 Å². The summed E-state index contributed by atoms with van der Waals surface area (Å²) in [6.07, 6.45) is 8.12. The van der Waals surface area contributed by atoms with E-state index >= 15 is 0 Å². The molecule has 5 nitrogen and oxygen atoms in total. The third-order valence-corrected chi connectivity index (χ3v) is 4.25. The number of carbonyl (C=O) groups excluding carboxylic acids is 1. The molecule has 0 aromatic rings. The van der Waals surface area contributed by atoms with Crippen molar-refractivity contribution in [2.24, 2.45) is 16.8 Å². The first-order valence-corrected chi connectivity index (χ1v) is 9.43. The molecule has 1 fully saturated rings. The average Bonchev–Trinajstić information content (AvgIpc) is 2.55. The van der Waals surface area contributed by atoms with Gasteiger partial charge in [0.05, 0.1) is 0 Å². The minimum atomic E-state index is 0. The fraction of sp³-hybridized carbons (Fsp3) is 0.889. The minimum Gasteiger partial charge on any atom is -0.357 e. The van der Waals surface area contributed by atoms with Crippen LogP contribution in [0.5, 0.6) is 0 Å². The van der Waals surface area contributed by atoms with Crippen LogP contribution in [-0.4, -0.2) is 38.0 Å². The van der Waals surface area contributed by atoms with Crippen molar-refractivity contribution in [3.63, 3.8) is 0 Å². The summed E-state index contributed by atoms with van der Waals surface area (Å²) < 4.78 is 0. The van der Waals surface area contributed by atoms with E-state index in [1.165, 1.54) is 25.7 Å². The Hall–Kier alpha value is -0.530. The van der Waals surface area contributed by atoms with Gasteiger partial charge in [-0.2, -0.15) is 0 Å². The van der Waals surface area contributed by atoms with Crippen LogP contribution in [0.2, 0.25) is 0 Å². The number of aliphatic imine (C=N–C) groups is 1. The molecule has 142 valence electrons. The fourth-order valence-electron chi connectivity index (χ4n) is 2.91. The number of nitrogens with zero attached hydrogens (tertiary/aromatic N) is 1. The summed E-state index contributed by atoms with van der Waals surface area (Å²) >= 11 is 0. The summed E-state index contributed by atoms with van der Waals surface area (Å²) in [5, 5.41) is 9.59. The number of hydrogen-bond acceptors (Lipinski definition) is 2. The summed E-state index contributed by atoms with van der Waals surface area (Å²) in [5.41, 5.74) is 0. The first-order chi connectivity index (χ1) is 11.1. The Bertz CT molecular complexity index is 355. The molecule has 1 aliphatic rings. The van der Waals surface area contributed by atoms with Crippen LogP contribution >= 0.6 is 24.0 Å². The maximum atomic E-state index is 12.1. The molecular weight excluding hydrogens is 415 g/mol. The molecule has 0 heterocycles. The predicted molar refractivity (Wildman–Crippen MR) is 113 cm³/mol. The lowest BCUT2D eigenvalue weighted by atomic mass is 9.89. The largest absolute Gasteiger partial charge is 0.357 e. The Labute approximate surface area is 165 Å². The quantitative estimate of drug-likeness (QED) is 0.218. The van der Waals surface area contributed by atoms with Crippen molar-refractivity contribution < 1.29 is 4.79 Å². The first-order valence-electron chi connectivity index (χ1n) is 9.43. The highest BCUT2D eigenvalue weighted by Crippen LogP contribution is 2.23. The molecule has 3 N–H and O–H groups in total. The topological polar surface area (TPSA) is 65.5 Å². The van der Waals surface area contributed by atoms with E-state index in [0.717, 1.165) is 44.2 Å². The first kappa shape index (κ1) is 23.5. The molecule has 1 saturated carbocycles. The van der Waals surface area contributed by atoms with Crippen LogP contribution in [0, 0.1) is 11.8 Å². The molecule has 6 heteroatoms. The molecule has 0 saturated heterocycles. The Balaban J connectivity index is 0.00000529. The van der Waals surface area contributed by atoms with Crippen molar-refractivity contribution in [3.8, 4) is 0 Å². The highest BCUT2D eigenvalue weighted by Gasteiger charge is 2.20. The van der Waals surface area contributed by atoms with Gasteiger partial charge in [-0.15, -0.1) is 24.0 Å². The van der Waals surface area contributed by atoms with Crippen molar-refractivity contribution in [3.05, 3.63) is 0 Å². The molecular formula is C18H37IN4O. The van der Waals surface area contributed by atoms with Crippen molar-refractivity contribution in [2.45, 2.75) is 65.7 Å². The second kappa shape index (κ2) is 14.8. The zero-order chi connectivity index (χ0) is 16.9. The number of halogens is 1. The number of rotatable bonds is 9. The molecule has 0 unspecified atom stereocenters. The molecule has 0 aromatic carbocycles. The second-order valence-electron chi connectivity index (χ2n) is 6.85. The molecule has 0 bridgehead atoms. The average molecular weight is 452 g/mol. The molecule has 0 radical (unpaired) electrons. The Morgan fingerprint density at radius 3 is 2.38 bits per heavy atom. The number of guanidine groups is 1. The van der Waals surface area contributed by atoms with Gasteiger partial charge in [0, 0.05) is 32.1 Å². The van der Waals surface area contributed by atoms with Crippen LogP contribution in [-0.2, 0) is 4.79 Å². The lowest BCUT2D eigenvalue weighted by Crippen LogP contribution is -2.42. The summed E-state index contributed by atoms with van der Waals surface area (Å²) in [6, 6.07) is 0. The van der Waals surface area contributed by atoms with Crippen molar-refractivity contribution in [1.82, 2.24) is 16.0 Å². The van der Waals surface area contributed by atoms with Gasteiger partial charge < -0.3 is 16.0 Å². The van der Waals surface area contributed by atoms with E-state index < -0.39 is 0 Å². The molecule has 0 atom stereocenters. The van der Waals surface area contributed by atoms with Gasteiger partial charge in [-0.25, -0.2) is 0 Å². The Morgan fingerprint density at radius 1 is 1.08 bits per heavy atom. The van der Waals surface area contributed by atoms with E-state index in [1.807, 2.05) is 0 Å². The van der Waals surface area contributed by atoms with Gasteiger partial charge in [-0.05, 0) is 38.5 Å². The molecule has 1 rings (SSSR count). The zero-order valence-electron chi connectivity index (χ0n) is 15.7. The summed E-state index contributed by atoms with van der Waals surface area (Å²) in [6.45, 7) is 9.62. The fourth-order valence-corrected chi connectivity index (χ4v) is 2.91. The molecule has 0 aliphatic heterocycles. The monoisotopic (exact) mass is 452 g/mol. The van der Waals surface area contributed by atoms with Crippen LogP contribution in [0.1, 0.15) is 65.7 Å². The Morgan fingerprint density at radius 2 is 1.75 bits per heavy atom. The van der Waals surface area contributed by atoms with Gasteiger partial charge in [0.15, 0.2) is 5.96 Å². The van der Waals surface area contributed by atoms with Crippen LogP contribution in [0.25, 0.3) is 0 Å². The third kappa shape index (κ3) is 11.1.